The Balaban J connectivity index is 2.51. The first-order valence-electron chi connectivity index (χ1n) is 4.06. The van der Waals surface area contributed by atoms with E-state index in [0.29, 0.717) is 10.6 Å². The lowest BCUT2D eigenvalue weighted by atomic mass is 10.2. The fraction of sp³-hybridized carbons (Fsp3) is 0. The van der Waals surface area contributed by atoms with Gasteiger partial charge in [0.15, 0.2) is 0 Å². The van der Waals surface area contributed by atoms with Gasteiger partial charge in [0.25, 0.3) is 0 Å². The molecule has 0 unspecified atom stereocenters. The van der Waals surface area contributed by atoms with Crippen LogP contribution in [0.2, 0.25) is 5.02 Å². The summed E-state index contributed by atoms with van der Waals surface area (Å²) in [5.41, 5.74) is 1.33. The number of carbonyl (C=O) groups is 1. The molecule has 0 amide bonds. The fourth-order valence-electron chi connectivity index (χ4n) is 1.19. The van der Waals surface area contributed by atoms with Crippen molar-refractivity contribution >= 4 is 17.9 Å². The first-order valence-corrected chi connectivity index (χ1v) is 4.44. The summed E-state index contributed by atoms with van der Waals surface area (Å²) in [5.74, 6) is 0. The molecule has 1 heterocycles. The Morgan fingerprint density at radius 1 is 1.43 bits per heavy atom. The monoisotopic (exact) mass is 206 g/mol. The van der Waals surface area contributed by atoms with Crippen LogP contribution in [-0.4, -0.2) is 16.1 Å². The summed E-state index contributed by atoms with van der Waals surface area (Å²) in [7, 11) is 0. The van der Waals surface area contributed by atoms with Crippen LogP contribution in [0.5, 0.6) is 0 Å². The predicted octanol–water partition coefficient (Wildman–Crippen LogP) is 2.34. The van der Waals surface area contributed by atoms with Gasteiger partial charge >= 0.3 is 0 Å². The van der Waals surface area contributed by atoms with E-state index in [9.17, 15) is 4.79 Å². The minimum atomic E-state index is 0.512. The number of aldehydes is 1. The summed E-state index contributed by atoms with van der Waals surface area (Å²) in [6.45, 7) is 0. The Morgan fingerprint density at radius 2 is 2.29 bits per heavy atom. The van der Waals surface area contributed by atoms with Crippen molar-refractivity contribution in [3.05, 3.63) is 47.2 Å². The maximum atomic E-state index is 10.5. The molecule has 0 saturated carbocycles. The summed E-state index contributed by atoms with van der Waals surface area (Å²) in [6, 6.07) is 6.89. The molecule has 0 fully saturated rings. The summed E-state index contributed by atoms with van der Waals surface area (Å²) in [5, 5.41) is 4.56. The Morgan fingerprint density at radius 3 is 2.86 bits per heavy atom. The molecule has 1 aromatic heterocycles. The van der Waals surface area contributed by atoms with E-state index < -0.39 is 0 Å². The van der Waals surface area contributed by atoms with E-state index in [1.54, 1.807) is 35.3 Å². The first-order chi connectivity index (χ1) is 6.81. The molecule has 1 aromatic carbocycles. The molecule has 70 valence electrons. The van der Waals surface area contributed by atoms with Crippen LogP contribution in [0.15, 0.2) is 36.7 Å². The van der Waals surface area contributed by atoms with Gasteiger partial charge in [-0.3, -0.25) is 4.79 Å². The SMILES string of the molecule is O=Cc1ccc(-n2cccn2)c(Cl)c1. The van der Waals surface area contributed by atoms with Crippen LogP contribution in [0, 0.1) is 0 Å². The van der Waals surface area contributed by atoms with Crippen molar-refractivity contribution < 1.29 is 4.79 Å². The molecule has 0 bridgehead atoms. The highest BCUT2D eigenvalue weighted by Crippen LogP contribution is 2.20. The second kappa shape index (κ2) is 3.64. The van der Waals surface area contributed by atoms with Crippen molar-refractivity contribution in [1.29, 1.82) is 0 Å². The molecule has 2 aromatic rings. The molecule has 0 aliphatic carbocycles. The van der Waals surface area contributed by atoms with Gasteiger partial charge in [-0.15, -0.1) is 0 Å². The number of hydrogen-bond donors (Lipinski definition) is 0. The molecular formula is C10H7ClN2O. The molecule has 0 radical (unpaired) electrons. The van der Waals surface area contributed by atoms with Crippen LogP contribution in [-0.2, 0) is 0 Å². The Kier molecular flexibility index (Phi) is 2.33. The van der Waals surface area contributed by atoms with Gasteiger partial charge in [0.2, 0.25) is 0 Å². The minimum Gasteiger partial charge on any atom is -0.298 e. The summed E-state index contributed by atoms with van der Waals surface area (Å²) < 4.78 is 1.65. The molecule has 0 aliphatic heterocycles. The Bertz CT molecular complexity index is 451. The maximum absolute atomic E-state index is 10.5. The van der Waals surface area contributed by atoms with E-state index in [1.165, 1.54) is 0 Å². The average Bonchev–Trinajstić information content (AvgIpc) is 2.70. The van der Waals surface area contributed by atoms with Crippen molar-refractivity contribution in [3.63, 3.8) is 0 Å². The molecule has 0 atom stereocenters. The van der Waals surface area contributed by atoms with Crippen LogP contribution >= 0.6 is 11.6 Å². The second-order valence-electron chi connectivity index (χ2n) is 2.78. The van der Waals surface area contributed by atoms with Gasteiger partial charge in [-0.2, -0.15) is 5.10 Å². The molecule has 0 aliphatic rings. The van der Waals surface area contributed by atoms with Crippen LogP contribution in [0.25, 0.3) is 5.69 Å². The number of nitrogens with zero attached hydrogens (tertiary/aromatic N) is 2. The molecule has 0 spiro atoms. The molecule has 14 heavy (non-hydrogen) atoms. The third kappa shape index (κ3) is 1.54. The third-order valence-electron chi connectivity index (χ3n) is 1.86. The fourth-order valence-corrected chi connectivity index (χ4v) is 1.47. The number of benzene rings is 1. The molecular weight excluding hydrogens is 200 g/mol. The van der Waals surface area contributed by atoms with Gasteiger partial charge in [-0.1, -0.05) is 11.6 Å². The third-order valence-corrected chi connectivity index (χ3v) is 2.16. The zero-order valence-electron chi connectivity index (χ0n) is 7.22. The Labute approximate surface area is 85.9 Å². The van der Waals surface area contributed by atoms with Gasteiger partial charge in [0, 0.05) is 18.0 Å². The topological polar surface area (TPSA) is 34.9 Å². The van der Waals surface area contributed by atoms with E-state index in [0.717, 1.165) is 12.0 Å². The van der Waals surface area contributed by atoms with E-state index >= 15 is 0 Å². The maximum Gasteiger partial charge on any atom is 0.150 e. The molecule has 0 saturated heterocycles. The largest absolute Gasteiger partial charge is 0.298 e. The summed E-state index contributed by atoms with van der Waals surface area (Å²) in [4.78, 5) is 10.5. The number of hydrogen-bond acceptors (Lipinski definition) is 2. The van der Waals surface area contributed by atoms with Crippen LogP contribution < -0.4 is 0 Å². The zero-order valence-corrected chi connectivity index (χ0v) is 7.98. The smallest absolute Gasteiger partial charge is 0.150 e. The quantitative estimate of drug-likeness (QED) is 0.707. The van der Waals surface area contributed by atoms with E-state index in [-0.39, 0.29) is 0 Å². The highest BCUT2D eigenvalue weighted by atomic mass is 35.5. The van der Waals surface area contributed by atoms with Crippen molar-refractivity contribution in [2.45, 2.75) is 0 Å². The molecule has 3 nitrogen and oxygen atoms in total. The predicted molar refractivity (Wildman–Crippen MR) is 54.0 cm³/mol. The standard InChI is InChI=1S/C10H7ClN2O/c11-9-6-8(7-14)2-3-10(9)13-5-1-4-12-13/h1-7H. The van der Waals surface area contributed by atoms with Crippen molar-refractivity contribution in [3.8, 4) is 5.69 Å². The zero-order chi connectivity index (χ0) is 9.97. The van der Waals surface area contributed by atoms with Crippen LogP contribution in [0.3, 0.4) is 0 Å². The van der Waals surface area contributed by atoms with E-state index in [2.05, 4.69) is 5.10 Å². The highest BCUT2D eigenvalue weighted by Gasteiger charge is 2.03. The summed E-state index contributed by atoms with van der Waals surface area (Å²) in [6.07, 6.45) is 4.23. The molecule has 0 N–H and O–H groups in total. The van der Waals surface area contributed by atoms with Gasteiger partial charge in [0.1, 0.15) is 6.29 Å². The average molecular weight is 207 g/mol. The molecule has 4 heteroatoms. The minimum absolute atomic E-state index is 0.512. The lowest BCUT2D eigenvalue weighted by Crippen LogP contribution is -1.95. The number of halogens is 1. The number of aromatic nitrogens is 2. The van der Waals surface area contributed by atoms with Crippen molar-refractivity contribution in [1.82, 2.24) is 9.78 Å². The van der Waals surface area contributed by atoms with Crippen molar-refractivity contribution in [2.75, 3.05) is 0 Å². The van der Waals surface area contributed by atoms with Crippen molar-refractivity contribution in [2.24, 2.45) is 0 Å². The molecule has 2 rings (SSSR count). The summed E-state index contributed by atoms with van der Waals surface area (Å²) >= 11 is 5.98. The van der Waals surface area contributed by atoms with Gasteiger partial charge in [-0.25, -0.2) is 4.68 Å². The first kappa shape index (κ1) is 8.97. The van der Waals surface area contributed by atoms with Gasteiger partial charge < -0.3 is 0 Å². The Hall–Kier alpha value is -1.61. The van der Waals surface area contributed by atoms with E-state index in [1.807, 2.05) is 6.07 Å². The lowest BCUT2D eigenvalue weighted by molar-refractivity contribution is 0.112. The van der Waals surface area contributed by atoms with Gasteiger partial charge in [0.05, 0.1) is 10.7 Å². The van der Waals surface area contributed by atoms with Gasteiger partial charge in [-0.05, 0) is 24.3 Å². The normalized spacial score (nSPS) is 10.1. The van der Waals surface area contributed by atoms with Crippen LogP contribution in [0.1, 0.15) is 10.4 Å². The highest BCUT2D eigenvalue weighted by molar-refractivity contribution is 6.32. The lowest BCUT2D eigenvalue weighted by Gasteiger charge is -2.03. The number of carbonyl (C=O) groups excluding carboxylic acids is 1. The van der Waals surface area contributed by atoms with E-state index in [4.69, 9.17) is 11.6 Å². The second-order valence-corrected chi connectivity index (χ2v) is 3.19. The number of rotatable bonds is 2. The van der Waals surface area contributed by atoms with Crippen LogP contribution in [0.4, 0.5) is 0 Å².